The molecule has 0 fully saturated rings. The number of aromatic carboxylic acids is 1. The van der Waals surface area contributed by atoms with Crippen molar-refractivity contribution in [3.63, 3.8) is 0 Å². The molecule has 0 aliphatic carbocycles. The number of nitrogens with one attached hydrogen (secondary N) is 1. The van der Waals surface area contributed by atoms with E-state index in [0.29, 0.717) is 5.82 Å². The van der Waals surface area contributed by atoms with Gasteiger partial charge in [0.2, 0.25) is 0 Å². The first-order valence-electron chi connectivity index (χ1n) is 5.86. The summed E-state index contributed by atoms with van der Waals surface area (Å²) < 4.78 is 0. The molecule has 108 valence electrons. The van der Waals surface area contributed by atoms with Gasteiger partial charge in [-0.05, 0) is 31.2 Å². The van der Waals surface area contributed by atoms with Gasteiger partial charge in [-0.3, -0.25) is 4.79 Å². The Morgan fingerprint density at radius 3 is 2.33 bits per heavy atom. The third-order valence-electron chi connectivity index (χ3n) is 2.67. The Morgan fingerprint density at radius 1 is 1.14 bits per heavy atom. The Kier molecular flexibility index (Phi) is 4.45. The van der Waals surface area contributed by atoms with E-state index in [0.717, 1.165) is 11.8 Å². The molecule has 0 atom stereocenters. The van der Waals surface area contributed by atoms with Crippen LogP contribution in [0.2, 0.25) is 10.0 Å². The van der Waals surface area contributed by atoms with Crippen molar-refractivity contribution < 1.29 is 14.7 Å². The number of nitrogens with zero attached hydrogens (tertiary/aromatic N) is 1. The van der Waals surface area contributed by atoms with Crippen molar-refractivity contribution in [3.8, 4) is 0 Å². The maximum atomic E-state index is 12.2. The van der Waals surface area contributed by atoms with E-state index in [9.17, 15) is 9.59 Å². The van der Waals surface area contributed by atoms with Gasteiger partial charge in [0.1, 0.15) is 5.82 Å². The van der Waals surface area contributed by atoms with Crippen LogP contribution in [0.3, 0.4) is 0 Å². The molecule has 2 aromatic rings. The smallest absolute Gasteiger partial charge is 0.336 e. The molecular weight excluding hydrogens is 315 g/mol. The number of aryl methyl sites for hydroxylation is 1. The molecule has 7 heteroatoms. The second-order valence-electron chi connectivity index (χ2n) is 4.24. The predicted octanol–water partition coefficient (Wildman–Crippen LogP) is 3.65. The average molecular weight is 325 g/mol. The molecule has 0 unspecified atom stereocenters. The van der Waals surface area contributed by atoms with E-state index in [-0.39, 0.29) is 21.2 Å². The molecule has 0 aliphatic heterocycles. The van der Waals surface area contributed by atoms with Crippen LogP contribution < -0.4 is 5.32 Å². The van der Waals surface area contributed by atoms with Crippen molar-refractivity contribution in [2.24, 2.45) is 0 Å². The molecule has 5 nitrogen and oxygen atoms in total. The summed E-state index contributed by atoms with van der Waals surface area (Å²) in [7, 11) is 0. The summed E-state index contributed by atoms with van der Waals surface area (Å²) in [6, 6.07) is 7.47. The maximum Gasteiger partial charge on any atom is 0.336 e. The van der Waals surface area contributed by atoms with Crippen LogP contribution in [-0.4, -0.2) is 22.0 Å². The molecule has 0 saturated carbocycles. The topological polar surface area (TPSA) is 79.3 Å². The summed E-state index contributed by atoms with van der Waals surface area (Å²) in [6.07, 6.45) is 0. The van der Waals surface area contributed by atoms with Gasteiger partial charge >= 0.3 is 5.97 Å². The first-order chi connectivity index (χ1) is 9.88. The van der Waals surface area contributed by atoms with Gasteiger partial charge in [0, 0.05) is 5.69 Å². The Hall–Kier alpha value is -2.11. The molecule has 2 rings (SSSR count). The highest BCUT2D eigenvalue weighted by Gasteiger charge is 2.19. The van der Waals surface area contributed by atoms with Crippen molar-refractivity contribution in [3.05, 3.63) is 57.2 Å². The number of pyridine rings is 1. The summed E-state index contributed by atoms with van der Waals surface area (Å²) in [5.41, 5.74) is 0.412. The van der Waals surface area contributed by atoms with E-state index < -0.39 is 11.9 Å². The van der Waals surface area contributed by atoms with E-state index in [1.165, 1.54) is 6.07 Å². The lowest BCUT2D eigenvalue weighted by atomic mass is 10.1. The number of benzene rings is 1. The molecular formula is C14H10Cl2N2O3. The number of hydrogen-bond donors (Lipinski definition) is 2. The lowest BCUT2D eigenvalue weighted by molar-refractivity contribution is 0.0692. The van der Waals surface area contributed by atoms with E-state index in [2.05, 4.69) is 10.3 Å². The Bertz CT molecular complexity index is 732. The Balaban J connectivity index is 2.39. The minimum Gasteiger partial charge on any atom is -0.478 e. The van der Waals surface area contributed by atoms with Crippen LogP contribution in [0, 0.1) is 6.92 Å². The Labute approximate surface area is 130 Å². The number of aromatic nitrogens is 1. The highest BCUT2D eigenvalue weighted by atomic mass is 35.5. The van der Waals surface area contributed by atoms with Gasteiger partial charge in [0.15, 0.2) is 0 Å². The average Bonchev–Trinajstić information content (AvgIpc) is 2.41. The lowest BCUT2D eigenvalue weighted by Crippen LogP contribution is -2.17. The normalized spacial score (nSPS) is 10.2. The molecule has 0 aliphatic rings. The quantitative estimate of drug-likeness (QED) is 0.903. The van der Waals surface area contributed by atoms with Crippen LogP contribution in [0.4, 0.5) is 5.82 Å². The van der Waals surface area contributed by atoms with E-state index in [4.69, 9.17) is 28.3 Å². The molecule has 2 N–H and O–H groups in total. The lowest BCUT2D eigenvalue weighted by Gasteiger charge is -2.09. The zero-order valence-corrected chi connectivity index (χ0v) is 12.4. The number of amides is 1. The minimum atomic E-state index is -1.27. The second kappa shape index (κ2) is 6.11. The molecule has 0 saturated heterocycles. The SMILES string of the molecule is Cc1cccc(NC(=O)c2cc(Cl)c(Cl)cc2C(=O)O)n1. The van der Waals surface area contributed by atoms with Gasteiger partial charge in [0.25, 0.3) is 5.91 Å². The number of carboxylic acid groups (broad SMARTS) is 1. The third kappa shape index (κ3) is 3.51. The van der Waals surface area contributed by atoms with Crippen LogP contribution in [0.5, 0.6) is 0 Å². The summed E-state index contributed by atoms with van der Waals surface area (Å²) in [5.74, 6) is -1.57. The van der Waals surface area contributed by atoms with Crippen molar-refractivity contribution in [1.82, 2.24) is 4.98 Å². The van der Waals surface area contributed by atoms with Gasteiger partial charge in [0.05, 0.1) is 21.2 Å². The zero-order valence-electron chi connectivity index (χ0n) is 10.9. The second-order valence-corrected chi connectivity index (χ2v) is 5.05. The molecule has 0 spiro atoms. The van der Waals surface area contributed by atoms with Gasteiger partial charge in [-0.15, -0.1) is 0 Å². The zero-order chi connectivity index (χ0) is 15.6. The standard InChI is InChI=1S/C14H10Cl2N2O3/c1-7-3-2-4-12(17-7)18-13(19)8-5-10(15)11(16)6-9(8)14(20)21/h2-6H,1H3,(H,20,21)(H,17,18,19). The van der Waals surface area contributed by atoms with Crippen LogP contribution in [0.1, 0.15) is 26.4 Å². The Morgan fingerprint density at radius 2 is 1.76 bits per heavy atom. The fraction of sp³-hybridized carbons (Fsp3) is 0.0714. The number of carboxylic acids is 1. The van der Waals surface area contributed by atoms with Crippen LogP contribution in [0.25, 0.3) is 0 Å². The van der Waals surface area contributed by atoms with Crippen molar-refractivity contribution in [1.29, 1.82) is 0 Å². The van der Waals surface area contributed by atoms with E-state index in [1.54, 1.807) is 25.1 Å². The van der Waals surface area contributed by atoms with E-state index >= 15 is 0 Å². The molecule has 1 aromatic carbocycles. The number of hydrogen-bond acceptors (Lipinski definition) is 3. The molecule has 0 radical (unpaired) electrons. The van der Waals surface area contributed by atoms with E-state index in [1.807, 2.05) is 0 Å². The predicted molar refractivity (Wildman–Crippen MR) is 80.3 cm³/mol. The molecule has 1 heterocycles. The van der Waals surface area contributed by atoms with Crippen LogP contribution in [0.15, 0.2) is 30.3 Å². The molecule has 21 heavy (non-hydrogen) atoms. The largest absolute Gasteiger partial charge is 0.478 e. The summed E-state index contributed by atoms with van der Waals surface area (Å²) >= 11 is 11.6. The van der Waals surface area contributed by atoms with Gasteiger partial charge in [-0.25, -0.2) is 9.78 Å². The van der Waals surface area contributed by atoms with Crippen LogP contribution >= 0.6 is 23.2 Å². The first-order valence-corrected chi connectivity index (χ1v) is 6.61. The highest BCUT2D eigenvalue weighted by Crippen LogP contribution is 2.26. The van der Waals surface area contributed by atoms with Gasteiger partial charge in [-0.2, -0.15) is 0 Å². The monoisotopic (exact) mass is 324 g/mol. The third-order valence-corrected chi connectivity index (χ3v) is 3.39. The summed E-state index contributed by atoms with van der Waals surface area (Å²) in [4.78, 5) is 27.5. The maximum absolute atomic E-state index is 12.2. The minimum absolute atomic E-state index is 0.0688. The number of carbonyl (C=O) groups is 2. The molecule has 1 aromatic heterocycles. The number of carbonyl (C=O) groups excluding carboxylic acids is 1. The van der Waals surface area contributed by atoms with Crippen molar-refractivity contribution in [2.45, 2.75) is 6.92 Å². The molecule has 1 amide bonds. The first kappa shape index (κ1) is 15.3. The molecule has 0 bridgehead atoms. The fourth-order valence-corrected chi connectivity index (χ4v) is 2.04. The fourth-order valence-electron chi connectivity index (χ4n) is 1.71. The van der Waals surface area contributed by atoms with Crippen LogP contribution in [-0.2, 0) is 0 Å². The number of anilines is 1. The highest BCUT2D eigenvalue weighted by molar-refractivity contribution is 6.42. The number of halogens is 2. The van der Waals surface area contributed by atoms with Crippen molar-refractivity contribution >= 4 is 40.9 Å². The number of rotatable bonds is 3. The van der Waals surface area contributed by atoms with Gasteiger partial charge < -0.3 is 10.4 Å². The summed E-state index contributed by atoms with van der Waals surface area (Å²) in [6.45, 7) is 1.78. The van der Waals surface area contributed by atoms with Crippen molar-refractivity contribution in [2.75, 3.05) is 5.32 Å². The van der Waals surface area contributed by atoms with Gasteiger partial charge in [-0.1, -0.05) is 29.3 Å². The summed E-state index contributed by atoms with van der Waals surface area (Å²) in [5, 5.41) is 11.8.